The third-order valence-corrected chi connectivity index (χ3v) is 5.15. The number of carbonyl (C=O) groups is 2. The average molecular weight is 383 g/mol. The fraction of sp³-hybridized carbons (Fsp3) is 0.476. The molecule has 7 nitrogen and oxygen atoms in total. The van der Waals surface area contributed by atoms with Gasteiger partial charge in [0.1, 0.15) is 5.82 Å². The van der Waals surface area contributed by atoms with Gasteiger partial charge in [-0.3, -0.25) is 14.5 Å². The molecular weight excluding hydrogens is 354 g/mol. The van der Waals surface area contributed by atoms with Crippen molar-refractivity contribution >= 4 is 17.6 Å². The molecule has 3 N–H and O–H groups in total. The van der Waals surface area contributed by atoms with E-state index in [0.29, 0.717) is 24.7 Å². The highest BCUT2D eigenvalue weighted by Crippen LogP contribution is 2.21. The van der Waals surface area contributed by atoms with Crippen molar-refractivity contribution in [1.29, 1.82) is 0 Å². The van der Waals surface area contributed by atoms with Gasteiger partial charge in [0.2, 0.25) is 11.8 Å². The van der Waals surface area contributed by atoms with E-state index < -0.39 is 0 Å². The van der Waals surface area contributed by atoms with E-state index >= 15 is 0 Å². The fourth-order valence-electron chi connectivity index (χ4n) is 3.73. The number of aryl methyl sites for hydroxylation is 2. The molecule has 0 saturated carbocycles. The number of nitrogens with zero attached hydrogens (tertiary/aromatic N) is 3. The SMILES string of the molecule is Cc1ccc(-n2nc(C)cc2NC(=O)CN2CCCC(CCC(N)=O)C2)cc1. The van der Waals surface area contributed by atoms with Crippen molar-refractivity contribution in [3.05, 3.63) is 41.6 Å². The molecule has 28 heavy (non-hydrogen) atoms. The summed E-state index contributed by atoms with van der Waals surface area (Å²) in [4.78, 5) is 25.8. The van der Waals surface area contributed by atoms with Crippen LogP contribution in [0.25, 0.3) is 5.69 Å². The van der Waals surface area contributed by atoms with Gasteiger partial charge in [0.25, 0.3) is 0 Å². The Balaban J connectivity index is 1.60. The first-order valence-corrected chi connectivity index (χ1v) is 9.85. The Morgan fingerprint density at radius 3 is 2.71 bits per heavy atom. The number of likely N-dealkylation sites (tertiary alicyclic amines) is 1. The zero-order valence-electron chi connectivity index (χ0n) is 16.6. The number of amides is 2. The molecule has 1 fully saturated rings. The molecule has 1 saturated heterocycles. The lowest BCUT2D eigenvalue weighted by Crippen LogP contribution is -2.40. The van der Waals surface area contributed by atoms with E-state index in [1.807, 2.05) is 44.2 Å². The summed E-state index contributed by atoms with van der Waals surface area (Å²) >= 11 is 0. The number of nitrogens with one attached hydrogen (secondary N) is 1. The Labute approximate surface area is 165 Å². The monoisotopic (exact) mass is 383 g/mol. The van der Waals surface area contributed by atoms with Gasteiger partial charge >= 0.3 is 0 Å². The molecule has 7 heteroatoms. The van der Waals surface area contributed by atoms with Crippen molar-refractivity contribution in [3.8, 4) is 5.69 Å². The quantitative estimate of drug-likeness (QED) is 0.768. The Kier molecular flexibility index (Phi) is 6.46. The van der Waals surface area contributed by atoms with E-state index in [0.717, 1.165) is 43.7 Å². The average Bonchev–Trinajstić information content (AvgIpc) is 3.01. The minimum absolute atomic E-state index is 0.0520. The molecular formula is C21H29N5O2. The maximum absolute atomic E-state index is 12.6. The second-order valence-corrected chi connectivity index (χ2v) is 7.71. The number of piperidine rings is 1. The molecule has 0 radical (unpaired) electrons. The van der Waals surface area contributed by atoms with Crippen LogP contribution in [0, 0.1) is 19.8 Å². The molecule has 2 heterocycles. The zero-order valence-corrected chi connectivity index (χ0v) is 16.6. The predicted molar refractivity (Wildman–Crippen MR) is 109 cm³/mol. The Morgan fingerprint density at radius 1 is 1.25 bits per heavy atom. The summed E-state index contributed by atoms with van der Waals surface area (Å²) in [7, 11) is 0. The first-order chi connectivity index (χ1) is 13.4. The van der Waals surface area contributed by atoms with Crippen molar-refractivity contribution in [3.63, 3.8) is 0 Å². The van der Waals surface area contributed by atoms with Crippen LogP contribution in [0.5, 0.6) is 0 Å². The van der Waals surface area contributed by atoms with Crippen LogP contribution in [0.1, 0.15) is 36.9 Å². The van der Waals surface area contributed by atoms with Gasteiger partial charge in [0.15, 0.2) is 0 Å². The van der Waals surface area contributed by atoms with E-state index in [9.17, 15) is 9.59 Å². The molecule has 1 atom stereocenters. The third-order valence-electron chi connectivity index (χ3n) is 5.15. The number of hydrogen-bond acceptors (Lipinski definition) is 4. The van der Waals surface area contributed by atoms with Crippen molar-refractivity contribution in [2.24, 2.45) is 11.7 Å². The number of aromatic nitrogens is 2. The number of primary amides is 1. The minimum atomic E-state index is -0.255. The standard InChI is InChI=1S/C21H29N5O2/c1-15-5-8-18(9-6-15)26-20(12-16(2)24-26)23-21(28)14-25-11-3-4-17(13-25)7-10-19(22)27/h5-6,8-9,12,17H,3-4,7,10-11,13-14H2,1-2H3,(H2,22,27)(H,23,28). The molecule has 2 amide bonds. The van der Waals surface area contributed by atoms with Gasteiger partial charge in [-0.25, -0.2) is 4.68 Å². The molecule has 1 aliphatic rings. The van der Waals surface area contributed by atoms with Crippen molar-refractivity contribution in [2.45, 2.75) is 39.5 Å². The van der Waals surface area contributed by atoms with E-state index in [-0.39, 0.29) is 11.8 Å². The minimum Gasteiger partial charge on any atom is -0.370 e. The molecule has 1 aromatic heterocycles. The number of carbonyl (C=O) groups excluding carboxylic acids is 2. The summed E-state index contributed by atoms with van der Waals surface area (Å²) in [6, 6.07) is 9.91. The molecule has 0 aliphatic carbocycles. The second-order valence-electron chi connectivity index (χ2n) is 7.71. The lowest BCUT2D eigenvalue weighted by Gasteiger charge is -2.32. The molecule has 150 valence electrons. The molecule has 1 unspecified atom stereocenters. The van der Waals surface area contributed by atoms with Gasteiger partial charge in [0.05, 0.1) is 17.9 Å². The molecule has 3 rings (SSSR count). The van der Waals surface area contributed by atoms with Crippen LogP contribution in [-0.2, 0) is 9.59 Å². The highest BCUT2D eigenvalue weighted by molar-refractivity contribution is 5.91. The van der Waals surface area contributed by atoms with Crippen LogP contribution in [0.4, 0.5) is 5.82 Å². The summed E-state index contributed by atoms with van der Waals surface area (Å²) in [5, 5.41) is 7.51. The summed E-state index contributed by atoms with van der Waals surface area (Å²) in [6.07, 6.45) is 3.34. The molecule has 0 bridgehead atoms. The first kappa shape index (κ1) is 20.1. The van der Waals surface area contributed by atoms with Crippen LogP contribution in [0.2, 0.25) is 0 Å². The maximum atomic E-state index is 12.6. The van der Waals surface area contributed by atoms with Crippen LogP contribution in [0.15, 0.2) is 30.3 Å². The van der Waals surface area contributed by atoms with Crippen LogP contribution < -0.4 is 11.1 Å². The number of hydrogen-bond donors (Lipinski definition) is 2. The van der Waals surface area contributed by atoms with Gasteiger partial charge < -0.3 is 11.1 Å². The first-order valence-electron chi connectivity index (χ1n) is 9.85. The van der Waals surface area contributed by atoms with Gasteiger partial charge in [-0.2, -0.15) is 5.10 Å². The summed E-state index contributed by atoms with van der Waals surface area (Å²) in [5.74, 6) is 0.793. The largest absolute Gasteiger partial charge is 0.370 e. The molecule has 0 spiro atoms. The Morgan fingerprint density at radius 2 is 2.00 bits per heavy atom. The number of anilines is 1. The van der Waals surface area contributed by atoms with Crippen molar-refractivity contribution < 1.29 is 9.59 Å². The number of benzene rings is 1. The topological polar surface area (TPSA) is 93.2 Å². The third kappa shape index (κ3) is 5.42. The number of rotatable bonds is 7. The van der Waals surface area contributed by atoms with Crippen molar-refractivity contribution in [2.75, 3.05) is 25.0 Å². The Hall–Kier alpha value is -2.67. The fourth-order valence-corrected chi connectivity index (χ4v) is 3.73. The lowest BCUT2D eigenvalue weighted by atomic mass is 9.93. The predicted octanol–water partition coefficient (Wildman–Crippen LogP) is 2.41. The molecule has 2 aromatic rings. The second kappa shape index (κ2) is 9.01. The highest BCUT2D eigenvalue weighted by Gasteiger charge is 2.22. The molecule has 1 aromatic carbocycles. The van der Waals surface area contributed by atoms with Crippen LogP contribution in [0.3, 0.4) is 0 Å². The maximum Gasteiger partial charge on any atom is 0.239 e. The van der Waals surface area contributed by atoms with Gasteiger partial charge in [0, 0.05) is 19.0 Å². The number of nitrogens with two attached hydrogens (primary N) is 1. The van der Waals surface area contributed by atoms with Crippen molar-refractivity contribution in [1.82, 2.24) is 14.7 Å². The van der Waals surface area contributed by atoms with Gasteiger partial charge in [-0.15, -0.1) is 0 Å². The lowest BCUT2D eigenvalue weighted by molar-refractivity contribution is -0.119. The summed E-state index contributed by atoms with van der Waals surface area (Å²) in [5.41, 5.74) is 8.20. The normalized spacial score (nSPS) is 17.4. The van der Waals surface area contributed by atoms with E-state index in [4.69, 9.17) is 5.73 Å². The van der Waals surface area contributed by atoms with Gasteiger partial charge in [-0.05, 0) is 57.7 Å². The smallest absolute Gasteiger partial charge is 0.239 e. The zero-order chi connectivity index (χ0) is 20.1. The summed E-state index contributed by atoms with van der Waals surface area (Å²) in [6.45, 7) is 6.02. The van der Waals surface area contributed by atoms with E-state index in [2.05, 4.69) is 15.3 Å². The van der Waals surface area contributed by atoms with E-state index in [1.165, 1.54) is 5.56 Å². The van der Waals surface area contributed by atoms with Gasteiger partial charge in [-0.1, -0.05) is 17.7 Å². The highest BCUT2D eigenvalue weighted by atomic mass is 16.2. The Bertz CT molecular complexity index is 828. The molecule has 1 aliphatic heterocycles. The van der Waals surface area contributed by atoms with Crippen LogP contribution >= 0.6 is 0 Å². The van der Waals surface area contributed by atoms with Crippen LogP contribution in [-0.4, -0.2) is 46.1 Å². The summed E-state index contributed by atoms with van der Waals surface area (Å²) < 4.78 is 1.76. The van der Waals surface area contributed by atoms with E-state index in [1.54, 1.807) is 4.68 Å².